The SMILES string of the molecule is CN=C(NCc1ccc(OC)cc1OC)N(C)Cc1cccc(F)c1. The number of nitrogens with one attached hydrogen (secondary N) is 1. The fourth-order valence-corrected chi connectivity index (χ4v) is 2.54. The van der Waals surface area contributed by atoms with Crippen molar-refractivity contribution >= 4 is 5.96 Å². The molecule has 6 heteroatoms. The molecule has 0 aliphatic rings. The zero-order valence-electron chi connectivity index (χ0n) is 15.0. The summed E-state index contributed by atoms with van der Waals surface area (Å²) in [5.41, 5.74) is 1.87. The van der Waals surface area contributed by atoms with Crippen LogP contribution < -0.4 is 14.8 Å². The molecule has 2 rings (SSSR count). The minimum Gasteiger partial charge on any atom is -0.497 e. The van der Waals surface area contributed by atoms with E-state index in [0.717, 1.165) is 22.6 Å². The number of guanidine groups is 1. The molecule has 0 heterocycles. The van der Waals surface area contributed by atoms with Crippen LogP contribution in [0.1, 0.15) is 11.1 Å². The predicted molar refractivity (Wildman–Crippen MR) is 97.6 cm³/mol. The summed E-state index contributed by atoms with van der Waals surface area (Å²) in [4.78, 5) is 6.22. The van der Waals surface area contributed by atoms with E-state index in [1.165, 1.54) is 12.1 Å². The van der Waals surface area contributed by atoms with Gasteiger partial charge in [-0.2, -0.15) is 0 Å². The van der Waals surface area contributed by atoms with E-state index in [2.05, 4.69) is 10.3 Å². The van der Waals surface area contributed by atoms with Gasteiger partial charge >= 0.3 is 0 Å². The van der Waals surface area contributed by atoms with Gasteiger partial charge in [-0.15, -0.1) is 0 Å². The molecule has 0 aliphatic heterocycles. The molecule has 2 aromatic rings. The number of methoxy groups -OCH3 is 2. The molecule has 5 nitrogen and oxygen atoms in total. The van der Waals surface area contributed by atoms with Crippen LogP contribution in [0.2, 0.25) is 0 Å². The first kappa shape index (κ1) is 18.6. The van der Waals surface area contributed by atoms with Gasteiger partial charge in [-0.25, -0.2) is 4.39 Å². The van der Waals surface area contributed by atoms with E-state index in [1.807, 2.05) is 36.2 Å². The van der Waals surface area contributed by atoms with Crippen LogP contribution in [-0.2, 0) is 13.1 Å². The molecule has 2 aromatic carbocycles. The fourth-order valence-electron chi connectivity index (χ4n) is 2.54. The van der Waals surface area contributed by atoms with Crippen LogP contribution >= 0.6 is 0 Å². The highest BCUT2D eigenvalue weighted by Crippen LogP contribution is 2.24. The van der Waals surface area contributed by atoms with Gasteiger partial charge in [0, 0.05) is 38.8 Å². The van der Waals surface area contributed by atoms with Gasteiger partial charge in [0.15, 0.2) is 5.96 Å². The Morgan fingerprint density at radius 3 is 2.60 bits per heavy atom. The van der Waals surface area contributed by atoms with Gasteiger partial charge in [0.1, 0.15) is 17.3 Å². The van der Waals surface area contributed by atoms with E-state index in [9.17, 15) is 4.39 Å². The molecule has 0 atom stereocenters. The van der Waals surface area contributed by atoms with Crippen molar-refractivity contribution in [2.45, 2.75) is 13.1 Å². The van der Waals surface area contributed by atoms with Crippen LogP contribution in [0.3, 0.4) is 0 Å². The van der Waals surface area contributed by atoms with Crippen LogP contribution in [0.4, 0.5) is 4.39 Å². The highest BCUT2D eigenvalue weighted by atomic mass is 19.1. The molecule has 0 unspecified atom stereocenters. The molecule has 0 saturated heterocycles. The lowest BCUT2D eigenvalue weighted by Crippen LogP contribution is -2.38. The summed E-state index contributed by atoms with van der Waals surface area (Å²) < 4.78 is 23.9. The minimum absolute atomic E-state index is 0.239. The topological polar surface area (TPSA) is 46.1 Å². The lowest BCUT2D eigenvalue weighted by molar-refractivity contribution is 0.390. The zero-order chi connectivity index (χ0) is 18.2. The largest absolute Gasteiger partial charge is 0.497 e. The molecule has 0 fully saturated rings. The minimum atomic E-state index is -0.239. The summed E-state index contributed by atoms with van der Waals surface area (Å²) in [5, 5.41) is 3.29. The Kier molecular flexibility index (Phi) is 6.62. The van der Waals surface area contributed by atoms with Gasteiger partial charge < -0.3 is 19.7 Å². The van der Waals surface area contributed by atoms with E-state index in [1.54, 1.807) is 27.3 Å². The number of aliphatic imine (C=N–C) groups is 1. The molecule has 0 saturated carbocycles. The third kappa shape index (κ3) is 5.11. The van der Waals surface area contributed by atoms with E-state index in [-0.39, 0.29) is 5.82 Å². The van der Waals surface area contributed by atoms with E-state index in [0.29, 0.717) is 19.0 Å². The average molecular weight is 345 g/mol. The Hall–Kier alpha value is -2.76. The number of hydrogen-bond acceptors (Lipinski definition) is 3. The number of halogens is 1. The Morgan fingerprint density at radius 1 is 1.16 bits per heavy atom. The van der Waals surface area contributed by atoms with E-state index >= 15 is 0 Å². The van der Waals surface area contributed by atoms with Gasteiger partial charge in [-0.1, -0.05) is 12.1 Å². The summed E-state index contributed by atoms with van der Waals surface area (Å²) in [5.74, 6) is 1.96. The lowest BCUT2D eigenvalue weighted by Gasteiger charge is -2.22. The van der Waals surface area contributed by atoms with E-state index < -0.39 is 0 Å². The standard InChI is InChI=1S/C19H24FN3O2/c1-21-19(23(2)13-14-6-5-7-16(20)10-14)22-12-15-8-9-17(24-3)11-18(15)25-4/h5-11H,12-13H2,1-4H3,(H,21,22). The number of hydrogen-bond donors (Lipinski definition) is 1. The maximum Gasteiger partial charge on any atom is 0.193 e. The van der Waals surface area contributed by atoms with Crippen LogP contribution in [0.15, 0.2) is 47.5 Å². The summed E-state index contributed by atoms with van der Waals surface area (Å²) in [7, 11) is 6.88. The molecule has 0 bridgehead atoms. The highest BCUT2D eigenvalue weighted by molar-refractivity contribution is 5.79. The zero-order valence-corrected chi connectivity index (χ0v) is 15.0. The average Bonchev–Trinajstić information content (AvgIpc) is 2.62. The Bertz CT molecular complexity index is 734. The first-order chi connectivity index (χ1) is 12.1. The predicted octanol–water partition coefficient (Wildman–Crippen LogP) is 3.05. The summed E-state index contributed by atoms with van der Waals surface area (Å²) in [6.45, 7) is 1.10. The first-order valence-electron chi connectivity index (χ1n) is 7.94. The second-order valence-electron chi connectivity index (χ2n) is 5.56. The molecular formula is C19H24FN3O2. The summed E-state index contributed by atoms with van der Waals surface area (Å²) in [6, 6.07) is 12.2. The van der Waals surface area contributed by atoms with Gasteiger partial charge in [-0.3, -0.25) is 4.99 Å². The number of nitrogens with zero attached hydrogens (tertiary/aromatic N) is 2. The monoisotopic (exact) mass is 345 g/mol. The Labute approximate surface area is 148 Å². The van der Waals surface area contributed by atoms with Crippen LogP contribution in [0.25, 0.3) is 0 Å². The van der Waals surface area contributed by atoms with Gasteiger partial charge in [0.05, 0.1) is 14.2 Å². The van der Waals surface area contributed by atoms with Crippen molar-refractivity contribution in [1.82, 2.24) is 10.2 Å². The van der Waals surface area contributed by atoms with Gasteiger partial charge in [-0.05, 0) is 29.8 Å². The number of ether oxygens (including phenoxy) is 2. The molecule has 0 aromatic heterocycles. The molecular weight excluding hydrogens is 321 g/mol. The normalized spacial score (nSPS) is 11.2. The van der Waals surface area contributed by atoms with Crippen molar-refractivity contribution in [2.75, 3.05) is 28.3 Å². The van der Waals surface area contributed by atoms with Crippen LogP contribution in [-0.4, -0.2) is 39.2 Å². The Morgan fingerprint density at radius 2 is 1.96 bits per heavy atom. The second kappa shape index (κ2) is 8.92. The first-order valence-corrected chi connectivity index (χ1v) is 7.94. The van der Waals surface area contributed by atoms with Crippen molar-refractivity contribution in [1.29, 1.82) is 0 Å². The summed E-state index contributed by atoms with van der Waals surface area (Å²) in [6.07, 6.45) is 0. The Balaban J connectivity index is 2.02. The fraction of sp³-hybridized carbons (Fsp3) is 0.316. The van der Waals surface area contributed by atoms with Crippen molar-refractivity contribution in [3.8, 4) is 11.5 Å². The van der Waals surface area contributed by atoms with Crippen LogP contribution in [0.5, 0.6) is 11.5 Å². The quantitative estimate of drug-likeness (QED) is 0.646. The molecule has 0 spiro atoms. The van der Waals surface area contributed by atoms with Crippen molar-refractivity contribution in [3.63, 3.8) is 0 Å². The third-order valence-corrected chi connectivity index (χ3v) is 3.81. The van der Waals surface area contributed by atoms with Crippen molar-refractivity contribution in [3.05, 3.63) is 59.4 Å². The molecule has 0 amide bonds. The maximum absolute atomic E-state index is 13.3. The molecule has 25 heavy (non-hydrogen) atoms. The molecule has 134 valence electrons. The van der Waals surface area contributed by atoms with Gasteiger partial charge in [0.25, 0.3) is 0 Å². The summed E-state index contributed by atoms with van der Waals surface area (Å²) >= 11 is 0. The maximum atomic E-state index is 13.3. The molecule has 0 radical (unpaired) electrons. The van der Waals surface area contributed by atoms with Crippen molar-refractivity contribution < 1.29 is 13.9 Å². The number of benzene rings is 2. The molecule has 0 aliphatic carbocycles. The lowest BCUT2D eigenvalue weighted by atomic mass is 10.2. The van der Waals surface area contributed by atoms with Crippen LogP contribution in [0, 0.1) is 5.82 Å². The smallest absolute Gasteiger partial charge is 0.193 e. The number of rotatable bonds is 6. The highest BCUT2D eigenvalue weighted by Gasteiger charge is 2.10. The van der Waals surface area contributed by atoms with Gasteiger partial charge in [0.2, 0.25) is 0 Å². The second-order valence-corrected chi connectivity index (χ2v) is 5.56. The molecule has 1 N–H and O–H groups in total. The third-order valence-electron chi connectivity index (χ3n) is 3.81. The van der Waals surface area contributed by atoms with Crippen molar-refractivity contribution in [2.24, 2.45) is 4.99 Å². The van der Waals surface area contributed by atoms with E-state index in [4.69, 9.17) is 9.47 Å².